The van der Waals surface area contributed by atoms with Gasteiger partial charge in [0.25, 0.3) is 0 Å². The minimum absolute atomic E-state index is 0.106. The lowest BCUT2D eigenvalue weighted by molar-refractivity contribution is 0.129. The minimum Gasteiger partial charge on any atom is -0.396 e. The molecule has 1 saturated heterocycles. The molecule has 0 spiro atoms. The second kappa shape index (κ2) is 6.92. The monoisotopic (exact) mass is 273 g/mol. The van der Waals surface area contributed by atoms with Gasteiger partial charge in [0.15, 0.2) is 0 Å². The zero-order chi connectivity index (χ0) is 14.4. The van der Waals surface area contributed by atoms with Gasteiger partial charge in [-0.2, -0.15) is 5.26 Å². The number of benzene rings is 1. The van der Waals surface area contributed by atoms with Crippen molar-refractivity contribution in [3.63, 3.8) is 0 Å². The molecule has 0 saturated carbocycles. The van der Waals surface area contributed by atoms with Crippen LogP contribution in [0.2, 0.25) is 0 Å². The van der Waals surface area contributed by atoms with Gasteiger partial charge in [0, 0.05) is 26.2 Å². The predicted molar refractivity (Wildman–Crippen MR) is 74.8 cm³/mol. The molecule has 2 N–H and O–H groups in total. The van der Waals surface area contributed by atoms with Crippen molar-refractivity contribution in [2.45, 2.75) is 19.4 Å². The molecule has 1 unspecified atom stereocenters. The maximum absolute atomic E-state index is 12.1. The zero-order valence-electron chi connectivity index (χ0n) is 11.4. The maximum atomic E-state index is 12.1. The van der Waals surface area contributed by atoms with E-state index in [2.05, 4.69) is 11.4 Å². The third-order valence-corrected chi connectivity index (χ3v) is 3.56. The van der Waals surface area contributed by atoms with Crippen LogP contribution >= 0.6 is 0 Å². The molecule has 0 aromatic heterocycles. The van der Waals surface area contributed by atoms with Crippen LogP contribution in [0.1, 0.15) is 24.0 Å². The van der Waals surface area contributed by atoms with Crippen LogP contribution in [0.15, 0.2) is 24.3 Å². The average molecular weight is 273 g/mol. The van der Waals surface area contributed by atoms with Crippen molar-refractivity contribution in [1.29, 1.82) is 5.26 Å². The highest BCUT2D eigenvalue weighted by Crippen LogP contribution is 2.15. The Bertz CT molecular complexity index is 510. The Morgan fingerprint density at radius 3 is 3.15 bits per heavy atom. The van der Waals surface area contributed by atoms with Gasteiger partial charge in [-0.15, -0.1) is 0 Å². The quantitative estimate of drug-likeness (QED) is 0.875. The van der Waals surface area contributed by atoms with E-state index < -0.39 is 0 Å². The molecule has 1 fully saturated rings. The summed E-state index contributed by atoms with van der Waals surface area (Å²) in [6, 6.07) is 9.17. The number of likely N-dealkylation sites (tertiary alicyclic amines) is 1. The Hall–Kier alpha value is -2.06. The molecule has 0 aliphatic carbocycles. The lowest BCUT2D eigenvalue weighted by atomic mass is 9.99. The first-order chi connectivity index (χ1) is 9.72. The van der Waals surface area contributed by atoms with Crippen LogP contribution in [-0.4, -0.2) is 35.7 Å². The van der Waals surface area contributed by atoms with Gasteiger partial charge in [-0.05, 0) is 36.5 Å². The lowest BCUT2D eigenvalue weighted by Crippen LogP contribution is -2.45. The molecule has 1 aliphatic rings. The number of piperidine rings is 1. The Balaban J connectivity index is 1.87. The van der Waals surface area contributed by atoms with E-state index in [0.717, 1.165) is 24.9 Å². The van der Waals surface area contributed by atoms with E-state index in [1.54, 1.807) is 17.0 Å². The summed E-state index contributed by atoms with van der Waals surface area (Å²) in [5.41, 5.74) is 1.50. The number of nitrogens with one attached hydrogen (secondary N) is 1. The van der Waals surface area contributed by atoms with Crippen molar-refractivity contribution < 1.29 is 9.90 Å². The summed E-state index contributed by atoms with van der Waals surface area (Å²) < 4.78 is 0. The maximum Gasteiger partial charge on any atom is 0.317 e. The molecule has 20 heavy (non-hydrogen) atoms. The zero-order valence-corrected chi connectivity index (χ0v) is 11.4. The third kappa shape index (κ3) is 3.72. The molecule has 5 heteroatoms. The number of nitrogens with zero attached hydrogens (tertiary/aromatic N) is 2. The normalized spacial score (nSPS) is 18.4. The number of aliphatic hydroxyl groups is 1. The largest absolute Gasteiger partial charge is 0.396 e. The van der Waals surface area contributed by atoms with E-state index >= 15 is 0 Å². The summed E-state index contributed by atoms with van der Waals surface area (Å²) in [5, 5.41) is 20.9. The molecular formula is C15H19N3O2. The van der Waals surface area contributed by atoms with Crippen molar-refractivity contribution in [3.8, 4) is 6.07 Å². The Labute approximate surface area is 118 Å². The highest BCUT2D eigenvalue weighted by atomic mass is 16.3. The van der Waals surface area contributed by atoms with Crippen LogP contribution in [0.5, 0.6) is 0 Å². The second-order valence-corrected chi connectivity index (χ2v) is 5.11. The van der Waals surface area contributed by atoms with Crippen molar-refractivity contribution in [2.24, 2.45) is 5.92 Å². The van der Waals surface area contributed by atoms with E-state index in [9.17, 15) is 4.79 Å². The van der Waals surface area contributed by atoms with Gasteiger partial charge < -0.3 is 15.3 Å². The van der Waals surface area contributed by atoms with E-state index in [0.29, 0.717) is 18.7 Å². The summed E-state index contributed by atoms with van der Waals surface area (Å²) in [6.45, 7) is 1.89. The number of hydrogen-bond acceptors (Lipinski definition) is 3. The van der Waals surface area contributed by atoms with Gasteiger partial charge in [-0.25, -0.2) is 4.79 Å². The molecule has 1 aromatic carbocycles. The molecule has 0 bridgehead atoms. The Morgan fingerprint density at radius 1 is 1.55 bits per heavy atom. The molecular weight excluding hydrogens is 254 g/mol. The fourth-order valence-corrected chi connectivity index (χ4v) is 2.44. The third-order valence-electron chi connectivity index (χ3n) is 3.56. The summed E-state index contributed by atoms with van der Waals surface area (Å²) in [6.07, 6.45) is 1.91. The average Bonchev–Trinajstić information content (AvgIpc) is 2.52. The van der Waals surface area contributed by atoms with Gasteiger partial charge in [0.05, 0.1) is 11.6 Å². The number of amides is 2. The van der Waals surface area contributed by atoms with Crippen LogP contribution < -0.4 is 5.32 Å². The highest BCUT2D eigenvalue weighted by Gasteiger charge is 2.22. The minimum atomic E-state index is -0.106. The van der Waals surface area contributed by atoms with E-state index in [-0.39, 0.29) is 18.6 Å². The highest BCUT2D eigenvalue weighted by molar-refractivity contribution is 5.74. The van der Waals surface area contributed by atoms with Crippen molar-refractivity contribution in [2.75, 3.05) is 19.7 Å². The fraction of sp³-hybridized carbons (Fsp3) is 0.467. The van der Waals surface area contributed by atoms with Crippen LogP contribution in [-0.2, 0) is 6.54 Å². The molecule has 1 heterocycles. The first-order valence-electron chi connectivity index (χ1n) is 6.85. The topological polar surface area (TPSA) is 76.4 Å². The van der Waals surface area contributed by atoms with Crippen molar-refractivity contribution in [3.05, 3.63) is 35.4 Å². The van der Waals surface area contributed by atoms with E-state index in [1.165, 1.54) is 0 Å². The fourth-order valence-electron chi connectivity index (χ4n) is 2.44. The second-order valence-electron chi connectivity index (χ2n) is 5.11. The molecule has 2 rings (SSSR count). The number of carbonyl (C=O) groups excluding carboxylic acids is 1. The van der Waals surface area contributed by atoms with E-state index in [1.807, 2.05) is 12.1 Å². The number of hydrogen-bond donors (Lipinski definition) is 2. The number of carbonyl (C=O) groups is 1. The van der Waals surface area contributed by atoms with Gasteiger partial charge in [-0.1, -0.05) is 12.1 Å². The first kappa shape index (κ1) is 14.4. The van der Waals surface area contributed by atoms with Crippen LogP contribution in [0.4, 0.5) is 4.79 Å². The van der Waals surface area contributed by atoms with Crippen LogP contribution in [0.3, 0.4) is 0 Å². The predicted octanol–water partition coefficient (Wildman–Crippen LogP) is 1.47. The smallest absolute Gasteiger partial charge is 0.317 e. The molecule has 106 valence electrons. The molecule has 2 amide bonds. The van der Waals surface area contributed by atoms with Gasteiger partial charge in [0.2, 0.25) is 0 Å². The Morgan fingerprint density at radius 2 is 2.40 bits per heavy atom. The molecule has 1 aliphatic heterocycles. The van der Waals surface area contributed by atoms with Gasteiger partial charge in [-0.3, -0.25) is 0 Å². The first-order valence-corrected chi connectivity index (χ1v) is 6.85. The lowest BCUT2D eigenvalue weighted by Gasteiger charge is -2.31. The number of urea groups is 1. The number of aliphatic hydroxyl groups excluding tert-OH is 1. The SMILES string of the molecule is N#Cc1cccc(CNC(=O)N2CCCC(CO)C2)c1. The summed E-state index contributed by atoms with van der Waals surface area (Å²) in [7, 11) is 0. The summed E-state index contributed by atoms with van der Waals surface area (Å²) in [5.74, 6) is 0.191. The molecule has 0 radical (unpaired) electrons. The van der Waals surface area contributed by atoms with Crippen molar-refractivity contribution >= 4 is 6.03 Å². The number of rotatable bonds is 3. The van der Waals surface area contributed by atoms with E-state index in [4.69, 9.17) is 10.4 Å². The molecule has 1 atom stereocenters. The van der Waals surface area contributed by atoms with Gasteiger partial charge in [0.1, 0.15) is 0 Å². The van der Waals surface area contributed by atoms with Crippen LogP contribution in [0.25, 0.3) is 0 Å². The van der Waals surface area contributed by atoms with Crippen LogP contribution in [0, 0.1) is 17.2 Å². The molecule has 5 nitrogen and oxygen atoms in total. The summed E-state index contributed by atoms with van der Waals surface area (Å²) >= 11 is 0. The standard InChI is InChI=1S/C15H19N3O2/c16-8-12-3-1-4-13(7-12)9-17-15(20)18-6-2-5-14(10-18)11-19/h1,3-4,7,14,19H,2,5-6,9-11H2,(H,17,20). The number of nitriles is 1. The van der Waals surface area contributed by atoms with Crippen molar-refractivity contribution in [1.82, 2.24) is 10.2 Å². The molecule has 1 aromatic rings. The van der Waals surface area contributed by atoms with Gasteiger partial charge >= 0.3 is 6.03 Å². The summed E-state index contributed by atoms with van der Waals surface area (Å²) in [4.78, 5) is 13.8. The Kier molecular flexibility index (Phi) is 4.97.